The molecule has 0 aliphatic carbocycles. The van der Waals surface area contributed by atoms with E-state index >= 15 is 0 Å². The second-order valence-corrected chi connectivity index (χ2v) is 11.2. The highest BCUT2D eigenvalue weighted by Gasteiger charge is 2.27. The van der Waals surface area contributed by atoms with E-state index in [1.54, 1.807) is 12.1 Å². The number of hydrogen-bond acceptors (Lipinski definition) is 5. The molecule has 2 aliphatic rings. The summed E-state index contributed by atoms with van der Waals surface area (Å²) in [4.78, 5) is 13.9. The van der Waals surface area contributed by atoms with Crippen molar-refractivity contribution in [2.75, 3.05) is 43.0 Å². The number of nitrogens with zero attached hydrogens (tertiary/aromatic N) is 2. The lowest BCUT2D eigenvalue weighted by Crippen LogP contribution is -2.45. The quantitative estimate of drug-likeness (QED) is 0.806. The minimum absolute atomic E-state index is 0.0518. The molecule has 1 aromatic rings. The molecule has 1 aromatic carbocycles. The average Bonchev–Trinajstić information content (AvgIpc) is 2.92. The Labute approximate surface area is 160 Å². The zero-order valence-corrected chi connectivity index (χ0v) is 16.8. The zero-order chi connectivity index (χ0) is 19.5. The lowest BCUT2D eigenvalue weighted by Gasteiger charge is -2.27. The Balaban J connectivity index is 1.70. The van der Waals surface area contributed by atoms with E-state index in [0.717, 1.165) is 25.7 Å². The minimum Gasteiger partial charge on any atom is -0.322 e. The monoisotopic (exact) mass is 415 g/mol. The van der Waals surface area contributed by atoms with Crippen molar-refractivity contribution in [2.45, 2.75) is 30.6 Å². The Morgan fingerprint density at radius 1 is 0.963 bits per heavy atom. The summed E-state index contributed by atoms with van der Waals surface area (Å²) in [7, 11) is -6.66. The van der Waals surface area contributed by atoms with Gasteiger partial charge in [0.05, 0.1) is 16.4 Å². The lowest BCUT2D eigenvalue weighted by atomic mass is 10.2. The van der Waals surface area contributed by atoms with Gasteiger partial charge in [0.1, 0.15) is 0 Å². The molecule has 0 saturated carbocycles. The molecule has 0 aromatic heterocycles. The zero-order valence-electron chi connectivity index (χ0n) is 15.1. The fourth-order valence-corrected chi connectivity index (χ4v) is 6.05. The van der Waals surface area contributed by atoms with E-state index in [1.165, 1.54) is 21.3 Å². The fourth-order valence-electron chi connectivity index (χ4n) is 3.28. The molecule has 150 valence electrons. The molecule has 10 heteroatoms. The molecule has 0 bridgehead atoms. The van der Waals surface area contributed by atoms with Crippen LogP contribution in [0.1, 0.15) is 25.7 Å². The first-order valence-electron chi connectivity index (χ1n) is 9.14. The van der Waals surface area contributed by atoms with Crippen LogP contribution >= 0.6 is 0 Å². The van der Waals surface area contributed by atoms with E-state index in [4.69, 9.17) is 0 Å². The molecule has 3 rings (SSSR count). The van der Waals surface area contributed by atoms with Gasteiger partial charge in [0, 0.05) is 31.9 Å². The van der Waals surface area contributed by atoms with Crippen LogP contribution in [0.5, 0.6) is 0 Å². The van der Waals surface area contributed by atoms with Crippen molar-refractivity contribution >= 4 is 31.6 Å². The number of sulfonamides is 1. The first kappa shape index (κ1) is 20.1. The maximum Gasteiger partial charge on any atom is 0.321 e. The number of rotatable bonds is 3. The van der Waals surface area contributed by atoms with Crippen LogP contribution in [0.3, 0.4) is 0 Å². The number of sulfone groups is 1. The summed E-state index contributed by atoms with van der Waals surface area (Å²) < 4.78 is 50.2. The van der Waals surface area contributed by atoms with Gasteiger partial charge in [-0.15, -0.1) is 0 Å². The Kier molecular flexibility index (Phi) is 6.07. The highest BCUT2D eigenvalue weighted by Crippen LogP contribution is 2.23. The molecule has 2 saturated heterocycles. The van der Waals surface area contributed by atoms with Crippen molar-refractivity contribution in [1.82, 2.24) is 9.21 Å². The first-order chi connectivity index (χ1) is 12.8. The van der Waals surface area contributed by atoms with E-state index in [0.29, 0.717) is 18.8 Å². The number of urea groups is 1. The van der Waals surface area contributed by atoms with Crippen LogP contribution < -0.4 is 5.32 Å². The molecule has 2 aliphatic heterocycles. The number of carbonyl (C=O) groups is 1. The third kappa shape index (κ3) is 4.99. The number of amides is 2. The van der Waals surface area contributed by atoms with Crippen LogP contribution in [0.4, 0.5) is 10.5 Å². The van der Waals surface area contributed by atoms with Crippen LogP contribution in [0.25, 0.3) is 0 Å². The number of hydrogen-bond donors (Lipinski definition) is 1. The molecule has 2 heterocycles. The van der Waals surface area contributed by atoms with Gasteiger partial charge in [-0.25, -0.2) is 21.6 Å². The SMILES string of the molecule is O=C(Nc1cccc(S(=O)(=O)N2CCCCCC2)c1)N1CCS(=O)(=O)CC1. The van der Waals surface area contributed by atoms with Crippen molar-refractivity contribution in [3.63, 3.8) is 0 Å². The molecule has 27 heavy (non-hydrogen) atoms. The summed E-state index contributed by atoms with van der Waals surface area (Å²) in [6, 6.07) is 5.79. The summed E-state index contributed by atoms with van der Waals surface area (Å²) in [6.45, 7) is 1.31. The van der Waals surface area contributed by atoms with Gasteiger partial charge < -0.3 is 10.2 Å². The van der Waals surface area contributed by atoms with E-state index in [1.807, 2.05) is 0 Å². The number of anilines is 1. The van der Waals surface area contributed by atoms with Gasteiger partial charge in [-0.05, 0) is 31.0 Å². The van der Waals surface area contributed by atoms with Gasteiger partial charge in [0.15, 0.2) is 9.84 Å². The molecule has 2 amide bonds. The van der Waals surface area contributed by atoms with Crippen molar-refractivity contribution < 1.29 is 21.6 Å². The summed E-state index contributed by atoms with van der Waals surface area (Å²) >= 11 is 0. The molecule has 0 spiro atoms. The second kappa shape index (κ2) is 8.15. The predicted molar refractivity (Wildman–Crippen MR) is 103 cm³/mol. The van der Waals surface area contributed by atoms with Crippen LogP contribution in [-0.2, 0) is 19.9 Å². The van der Waals surface area contributed by atoms with Gasteiger partial charge in [-0.3, -0.25) is 0 Å². The van der Waals surface area contributed by atoms with Gasteiger partial charge in [-0.1, -0.05) is 18.9 Å². The third-order valence-electron chi connectivity index (χ3n) is 4.92. The van der Waals surface area contributed by atoms with E-state index in [2.05, 4.69) is 5.32 Å². The summed E-state index contributed by atoms with van der Waals surface area (Å²) in [5.41, 5.74) is 0.379. The van der Waals surface area contributed by atoms with E-state index in [-0.39, 0.29) is 29.5 Å². The lowest BCUT2D eigenvalue weighted by molar-refractivity contribution is 0.216. The second-order valence-electron chi connectivity index (χ2n) is 6.92. The molecule has 2 fully saturated rings. The molecule has 0 atom stereocenters. The Bertz CT molecular complexity index is 877. The fraction of sp³-hybridized carbons (Fsp3) is 0.588. The third-order valence-corrected chi connectivity index (χ3v) is 8.42. The van der Waals surface area contributed by atoms with Crippen molar-refractivity contribution in [2.24, 2.45) is 0 Å². The van der Waals surface area contributed by atoms with Gasteiger partial charge >= 0.3 is 6.03 Å². The van der Waals surface area contributed by atoms with Crippen molar-refractivity contribution in [1.29, 1.82) is 0 Å². The highest BCUT2D eigenvalue weighted by molar-refractivity contribution is 7.91. The molecule has 0 unspecified atom stereocenters. The predicted octanol–water partition coefficient (Wildman–Crippen LogP) is 1.51. The maximum absolute atomic E-state index is 12.9. The number of nitrogens with one attached hydrogen (secondary N) is 1. The Hall–Kier alpha value is -1.65. The van der Waals surface area contributed by atoms with Crippen LogP contribution in [0, 0.1) is 0 Å². The normalized spacial score (nSPS) is 21.4. The average molecular weight is 416 g/mol. The molecule has 0 radical (unpaired) electrons. The molecule has 1 N–H and O–H groups in total. The first-order valence-corrected chi connectivity index (χ1v) is 12.4. The standard InChI is InChI=1S/C17H25N3O5S2/c21-17(19-10-12-26(22,23)13-11-19)18-15-6-5-7-16(14-15)27(24,25)20-8-3-1-2-4-9-20/h5-7,14H,1-4,8-13H2,(H,18,21). The van der Waals surface area contributed by atoms with E-state index in [9.17, 15) is 21.6 Å². The Morgan fingerprint density at radius 3 is 2.22 bits per heavy atom. The maximum atomic E-state index is 12.9. The summed E-state index contributed by atoms with van der Waals surface area (Å²) in [6.07, 6.45) is 3.78. The van der Waals surface area contributed by atoms with Crippen LogP contribution in [0.2, 0.25) is 0 Å². The van der Waals surface area contributed by atoms with Gasteiger partial charge in [0.25, 0.3) is 0 Å². The Morgan fingerprint density at radius 2 is 1.59 bits per heavy atom. The minimum atomic E-state index is -3.59. The van der Waals surface area contributed by atoms with Gasteiger partial charge in [-0.2, -0.15) is 4.31 Å². The largest absolute Gasteiger partial charge is 0.322 e. The summed E-state index contributed by atoms with van der Waals surface area (Å²) in [5, 5.41) is 2.68. The number of benzene rings is 1. The van der Waals surface area contributed by atoms with Crippen molar-refractivity contribution in [3.05, 3.63) is 24.3 Å². The highest BCUT2D eigenvalue weighted by atomic mass is 32.2. The van der Waals surface area contributed by atoms with Gasteiger partial charge in [0.2, 0.25) is 10.0 Å². The molecule has 8 nitrogen and oxygen atoms in total. The number of carbonyl (C=O) groups excluding carboxylic acids is 1. The topological polar surface area (TPSA) is 104 Å². The van der Waals surface area contributed by atoms with E-state index < -0.39 is 25.9 Å². The van der Waals surface area contributed by atoms with Crippen LogP contribution in [-0.4, -0.2) is 69.8 Å². The molecular formula is C17H25N3O5S2. The van der Waals surface area contributed by atoms with Crippen molar-refractivity contribution in [3.8, 4) is 0 Å². The van der Waals surface area contributed by atoms with Crippen LogP contribution in [0.15, 0.2) is 29.2 Å². The smallest absolute Gasteiger partial charge is 0.321 e. The summed E-state index contributed by atoms with van der Waals surface area (Å²) in [5.74, 6) is -0.104. The molecular weight excluding hydrogens is 390 g/mol.